The monoisotopic (exact) mass is 1250 g/mol. The van der Waals surface area contributed by atoms with E-state index in [0.29, 0.717) is 17.4 Å². The van der Waals surface area contributed by atoms with Crippen LogP contribution < -0.4 is 0 Å². The number of rotatable bonds is 62. The quantitative estimate of drug-likeness (QED) is 0.0211. The molecule has 91 heavy (non-hydrogen) atoms. The number of quaternary nitrogens is 1. The third-order valence-electron chi connectivity index (χ3n) is 14.0. The summed E-state index contributed by atoms with van der Waals surface area (Å²) in [5.74, 6) is -2.07. The summed E-state index contributed by atoms with van der Waals surface area (Å²) in [6, 6.07) is 0. The molecular weight excluding hydrogens is 1130 g/mol. The number of esters is 2. The fourth-order valence-corrected chi connectivity index (χ4v) is 8.73. The molecule has 0 aromatic heterocycles. The van der Waals surface area contributed by atoms with Crippen molar-refractivity contribution in [3.05, 3.63) is 207 Å². The first-order valence-corrected chi connectivity index (χ1v) is 35.2. The van der Waals surface area contributed by atoms with Crippen LogP contribution >= 0.6 is 0 Å². The summed E-state index contributed by atoms with van der Waals surface area (Å²) in [6.07, 6.45) is 106. The molecule has 0 radical (unpaired) electrons. The van der Waals surface area contributed by atoms with E-state index in [1.807, 2.05) is 21.1 Å². The van der Waals surface area contributed by atoms with Crippen molar-refractivity contribution in [1.29, 1.82) is 0 Å². The van der Waals surface area contributed by atoms with Gasteiger partial charge in [0.05, 0.1) is 34.4 Å². The lowest BCUT2D eigenvalue weighted by molar-refractivity contribution is -0.870. The van der Waals surface area contributed by atoms with Crippen molar-refractivity contribution in [2.75, 3.05) is 47.5 Å². The van der Waals surface area contributed by atoms with Crippen LogP contribution in [-0.2, 0) is 33.3 Å². The Morgan fingerprint density at radius 1 is 0.330 bits per heavy atom. The molecule has 0 spiro atoms. The maximum absolute atomic E-state index is 12.9. The lowest BCUT2D eigenvalue weighted by Crippen LogP contribution is -2.40. The molecule has 2 atom stereocenters. The average molecular weight is 1260 g/mol. The molecule has 9 nitrogen and oxygen atoms in total. The molecule has 9 heteroatoms. The highest BCUT2D eigenvalue weighted by molar-refractivity contribution is 5.71. The Morgan fingerprint density at radius 2 is 0.593 bits per heavy atom. The second-order valence-electron chi connectivity index (χ2n) is 23.7. The van der Waals surface area contributed by atoms with Crippen LogP contribution in [-0.4, -0.2) is 87.4 Å². The molecule has 1 N–H and O–H groups in total. The van der Waals surface area contributed by atoms with Gasteiger partial charge in [0.2, 0.25) is 0 Å². The number of likely N-dealkylation sites (N-methyl/N-ethyl adjacent to an activating group) is 1. The summed E-state index contributed by atoms with van der Waals surface area (Å²) >= 11 is 0. The fraction of sp³-hybridized carbons (Fsp3) is 0.549. The Labute approximate surface area is 556 Å². The van der Waals surface area contributed by atoms with Crippen LogP contribution in [0.2, 0.25) is 0 Å². The summed E-state index contributed by atoms with van der Waals surface area (Å²) in [5.41, 5.74) is 0. The van der Waals surface area contributed by atoms with Crippen LogP contribution in [0.5, 0.6) is 0 Å². The van der Waals surface area contributed by atoms with Crippen LogP contribution in [0.15, 0.2) is 207 Å². The van der Waals surface area contributed by atoms with E-state index in [4.69, 9.17) is 18.9 Å². The van der Waals surface area contributed by atoms with Crippen molar-refractivity contribution >= 4 is 17.9 Å². The molecule has 0 saturated heterocycles. The minimum absolute atomic E-state index is 0.169. The number of unbranched alkanes of at least 4 members (excludes halogenated alkanes) is 13. The Morgan fingerprint density at radius 3 is 0.879 bits per heavy atom. The molecule has 508 valence electrons. The van der Waals surface area contributed by atoms with E-state index in [1.165, 1.54) is 32.1 Å². The molecule has 0 bridgehead atoms. The molecule has 0 aromatic rings. The number of allylic oxidation sites excluding steroid dienone is 34. The normalized spacial score (nSPS) is 14.0. The molecule has 0 aromatic carbocycles. The number of hydrogen-bond acceptors (Lipinski definition) is 7. The fourth-order valence-electron chi connectivity index (χ4n) is 8.73. The number of nitrogens with zero attached hydrogens (tertiary/aromatic N) is 1. The summed E-state index contributed by atoms with van der Waals surface area (Å²) in [4.78, 5) is 37.6. The van der Waals surface area contributed by atoms with E-state index in [2.05, 4.69) is 220 Å². The maximum Gasteiger partial charge on any atom is 0.361 e. The molecule has 2 unspecified atom stereocenters. The number of carboxylic acids is 1. The zero-order chi connectivity index (χ0) is 66.1. The third-order valence-corrected chi connectivity index (χ3v) is 14.0. The van der Waals surface area contributed by atoms with Gasteiger partial charge in [-0.3, -0.25) is 9.59 Å². The van der Waals surface area contributed by atoms with Crippen molar-refractivity contribution in [3.8, 4) is 0 Å². The first-order chi connectivity index (χ1) is 44.6. The standard InChI is InChI=1S/C82H127NO8/c1-6-8-10-12-14-16-18-20-22-24-26-28-30-32-34-36-38-39-40-41-43-45-47-49-51-53-55-57-59-61-63-65-67-69-71-73-80(85)91-78(77-90-82(81(86)87)88-75-74-83(3,4)5)76-89-79(84)72-70-68-66-64-62-60-58-56-54-52-50-48-46-44-42-37-35-33-31-29-27-25-23-21-19-17-15-13-11-9-7-2/h8-11,14-17,20-23,26-29,32-35,38-39,41-44,47-50,53,55,59,61,78,82H,6-7,12-13,18-19,24-25,30-31,36-37,40,45-46,51-52,54,56-58,60,62-77H2,1-5H3/p+1/b10-8-,11-9-,16-14-,17-15-,22-20-,23-21-,28-26-,29-27-,34-32-,35-33-,39-38-,43-41-,44-42-,49-47-,50-48-,55-53-,61-59-. The van der Waals surface area contributed by atoms with Crippen LogP contribution in [0.3, 0.4) is 0 Å². The van der Waals surface area contributed by atoms with Crippen LogP contribution in [0.4, 0.5) is 0 Å². The number of ether oxygens (including phenoxy) is 4. The van der Waals surface area contributed by atoms with Crippen molar-refractivity contribution < 1.29 is 42.9 Å². The molecule has 0 amide bonds. The first kappa shape index (κ1) is 84.9. The van der Waals surface area contributed by atoms with Gasteiger partial charge in [0.25, 0.3) is 6.29 Å². The van der Waals surface area contributed by atoms with Gasteiger partial charge < -0.3 is 28.5 Å². The Balaban J connectivity index is 4.29. The van der Waals surface area contributed by atoms with Gasteiger partial charge in [0.1, 0.15) is 13.2 Å². The van der Waals surface area contributed by atoms with Crippen LogP contribution in [0, 0.1) is 0 Å². The number of hydrogen-bond donors (Lipinski definition) is 1. The second-order valence-corrected chi connectivity index (χ2v) is 23.7. The van der Waals surface area contributed by atoms with Gasteiger partial charge in [-0.15, -0.1) is 0 Å². The number of carbonyl (C=O) groups is 3. The predicted octanol–water partition coefficient (Wildman–Crippen LogP) is 22.4. The molecule has 0 saturated carbocycles. The lowest BCUT2D eigenvalue weighted by Gasteiger charge is -2.25. The van der Waals surface area contributed by atoms with E-state index in [1.54, 1.807) is 0 Å². The van der Waals surface area contributed by atoms with Gasteiger partial charge in [0, 0.05) is 12.8 Å². The molecular formula is C82H128NO8+. The summed E-state index contributed by atoms with van der Waals surface area (Å²) in [5, 5.41) is 9.75. The van der Waals surface area contributed by atoms with E-state index in [9.17, 15) is 19.5 Å². The SMILES string of the molecule is CC/C=C\C/C=C\C/C=C\C/C=C\C/C=C\C/C=C\C/C=C\C/C=C\C/C=C\C/C=C\CCCCCCC(=O)OC(COC(=O)CCCCCCCCCCC/C=C\C/C=C\C/C=C\C/C=C\C/C=C\C/C=C\C/C=C\CC)COC(OCC[N+](C)(C)C)C(=O)O. The third kappa shape index (κ3) is 71.2. The van der Waals surface area contributed by atoms with Crippen LogP contribution in [0.1, 0.15) is 232 Å². The average Bonchev–Trinajstić information content (AvgIpc) is 3.46. The number of aliphatic carboxylic acids is 1. The van der Waals surface area contributed by atoms with Crippen LogP contribution in [0.25, 0.3) is 0 Å². The van der Waals surface area contributed by atoms with Gasteiger partial charge in [-0.05, 0) is 148 Å². The highest BCUT2D eigenvalue weighted by Gasteiger charge is 2.25. The van der Waals surface area contributed by atoms with Gasteiger partial charge in [-0.25, -0.2) is 4.79 Å². The molecule has 0 fully saturated rings. The summed E-state index contributed by atoms with van der Waals surface area (Å²) < 4.78 is 22.9. The second kappa shape index (κ2) is 69.8. The highest BCUT2D eigenvalue weighted by atomic mass is 16.7. The zero-order valence-corrected chi connectivity index (χ0v) is 57.9. The van der Waals surface area contributed by atoms with Crippen molar-refractivity contribution in [1.82, 2.24) is 0 Å². The largest absolute Gasteiger partial charge is 0.477 e. The van der Waals surface area contributed by atoms with Gasteiger partial charge in [-0.2, -0.15) is 0 Å². The predicted molar refractivity (Wildman–Crippen MR) is 391 cm³/mol. The molecule has 0 heterocycles. The van der Waals surface area contributed by atoms with E-state index in [-0.39, 0.29) is 38.6 Å². The van der Waals surface area contributed by atoms with E-state index < -0.39 is 24.3 Å². The summed E-state index contributed by atoms with van der Waals surface area (Å²) in [6.45, 7) is 4.58. The highest BCUT2D eigenvalue weighted by Crippen LogP contribution is 2.14. The molecule has 0 aliphatic heterocycles. The van der Waals surface area contributed by atoms with Crippen molar-refractivity contribution in [2.24, 2.45) is 0 Å². The molecule has 0 rings (SSSR count). The molecule has 0 aliphatic carbocycles. The maximum atomic E-state index is 12.9. The van der Waals surface area contributed by atoms with Gasteiger partial charge in [0.15, 0.2) is 6.10 Å². The topological polar surface area (TPSA) is 108 Å². The number of carbonyl (C=O) groups excluding carboxylic acids is 2. The zero-order valence-electron chi connectivity index (χ0n) is 57.9. The Bertz CT molecular complexity index is 2250. The smallest absolute Gasteiger partial charge is 0.361 e. The van der Waals surface area contributed by atoms with E-state index in [0.717, 1.165) is 167 Å². The minimum Gasteiger partial charge on any atom is -0.477 e. The van der Waals surface area contributed by atoms with E-state index >= 15 is 0 Å². The minimum atomic E-state index is -1.54. The summed E-state index contributed by atoms with van der Waals surface area (Å²) in [7, 11) is 5.95. The first-order valence-electron chi connectivity index (χ1n) is 35.2. The number of carboxylic acid groups (broad SMARTS) is 1. The molecule has 0 aliphatic rings. The van der Waals surface area contributed by atoms with Gasteiger partial charge in [-0.1, -0.05) is 278 Å². The Hall–Kier alpha value is -6.13. The Kier molecular flexibility index (Phi) is 65.1. The lowest BCUT2D eigenvalue weighted by atomic mass is 10.1. The van der Waals surface area contributed by atoms with Crippen molar-refractivity contribution in [2.45, 2.75) is 245 Å². The van der Waals surface area contributed by atoms with Gasteiger partial charge >= 0.3 is 17.9 Å². The van der Waals surface area contributed by atoms with Crippen molar-refractivity contribution in [3.63, 3.8) is 0 Å².